The van der Waals surface area contributed by atoms with Crippen LogP contribution in [-0.4, -0.2) is 27.6 Å². The molecule has 0 spiro atoms. The van der Waals surface area contributed by atoms with Crippen LogP contribution in [0.1, 0.15) is 34.7 Å². The Bertz CT molecular complexity index is 632. The highest BCUT2D eigenvalue weighted by Gasteiger charge is 2.21. The normalized spacial score (nSPS) is 19.7. The molecule has 1 atom stereocenters. The lowest BCUT2D eigenvalue weighted by Crippen LogP contribution is -2.08. The van der Waals surface area contributed by atoms with E-state index in [-0.39, 0.29) is 0 Å². The number of carboxylic acid groups (broad SMARTS) is 1. The predicted molar refractivity (Wildman–Crippen MR) is 82.3 cm³/mol. The molecule has 0 aliphatic carbocycles. The molecular formula is C14H14BrNO2S. The van der Waals surface area contributed by atoms with Gasteiger partial charge in [-0.25, -0.2) is 4.79 Å². The molecule has 1 unspecified atom stereocenters. The van der Waals surface area contributed by atoms with Crippen molar-refractivity contribution in [3.63, 3.8) is 0 Å². The van der Waals surface area contributed by atoms with Gasteiger partial charge in [0, 0.05) is 21.8 Å². The number of hydrogen-bond donors (Lipinski definition) is 2. The summed E-state index contributed by atoms with van der Waals surface area (Å²) >= 11 is 5.39. The number of aromatic carboxylic acids is 1. The second-order valence-corrected chi connectivity index (χ2v) is 6.90. The predicted octanol–water partition coefficient (Wildman–Crippen LogP) is 4.24. The first kappa shape index (κ1) is 13.1. The number of aromatic nitrogens is 1. The van der Waals surface area contributed by atoms with Crippen molar-refractivity contribution in [1.82, 2.24) is 4.98 Å². The number of thioether (sulfide) groups is 1. The van der Waals surface area contributed by atoms with Gasteiger partial charge in [-0.05, 0) is 42.2 Å². The summed E-state index contributed by atoms with van der Waals surface area (Å²) in [6, 6.07) is 3.67. The van der Waals surface area contributed by atoms with E-state index in [4.69, 9.17) is 0 Å². The molecular weight excluding hydrogens is 326 g/mol. The van der Waals surface area contributed by atoms with Gasteiger partial charge in [0.15, 0.2) is 0 Å². The van der Waals surface area contributed by atoms with Crippen LogP contribution >= 0.6 is 27.7 Å². The molecule has 100 valence electrons. The molecule has 1 aliphatic heterocycles. The van der Waals surface area contributed by atoms with Crippen molar-refractivity contribution in [2.24, 2.45) is 0 Å². The van der Waals surface area contributed by atoms with E-state index in [0.29, 0.717) is 11.5 Å². The van der Waals surface area contributed by atoms with Crippen LogP contribution in [0.5, 0.6) is 0 Å². The Labute approximate surface area is 123 Å². The molecule has 1 saturated heterocycles. The fraction of sp³-hybridized carbons (Fsp3) is 0.357. The van der Waals surface area contributed by atoms with Crippen LogP contribution in [0.15, 0.2) is 22.8 Å². The lowest BCUT2D eigenvalue weighted by molar-refractivity contribution is 0.0699. The topological polar surface area (TPSA) is 53.1 Å². The first-order valence-electron chi connectivity index (χ1n) is 6.28. The molecule has 2 heterocycles. The minimum atomic E-state index is -0.891. The van der Waals surface area contributed by atoms with Gasteiger partial charge in [0.05, 0.1) is 11.1 Å². The third-order valence-electron chi connectivity index (χ3n) is 3.62. The molecule has 0 saturated carbocycles. The van der Waals surface area contributed by atoms with Crippen LogP contribution in [0.4, 0.5) is 0 Å². The van der Waals surface area contributed by atoms with E-state index in [1.807, 2.05) is 24.0 Å². The number of nitrogens with one attached hydrogen (secondary N) is 1. The first-order chi connectivity index (χ1) is 9.16. The number of hydrogen-bond acceptors (Lipinski definition) is 2. The lowest BCUT2D eigenvalue weighted by atomic mass is 9.95. The van der Waals surface area contributed by atoms with E-state index in [1.54, 1.807) is 6.07 Å². The molecule has 5 heteroatoms. The maximum Gasteiger partial charge on any atom is 0.337 e. The Morgan fingerprint density at radius 2 is 2.32 bits per heavy atom. The maximum atomic E-state index is 11.3. The van der Waals surface area contributed by atoms with E-state index in [1.165, 1.54) is 24.2 Å². The summed E-state index contributed by atoms with van der Waals surface area (Å²) in [5.74, 6) is 2.01. The SMILES string of the molecule is O=C(O)c1cc(Br)cc2c(C3CCCSC3)c[nH]c12. The van der Waals surface area contributed by atoms with E-state index in [2.05, 4.69) is 20.9 Å². The zero-order valence-corrected chi connectivity index (χ0v) is 12.7. The zero-order chi connectivity index (χ0) is 13.4. The molecule has 1 aliphatic rings. The van der Waals surface area contributed by atoms with Crippen LogP contribution in [0.25, 0.3) is 10.9 Å². The highest BCUT2D eigenvalue weighted by atomic mass is 79.9. The van der Waals surface area contributed by atoms with Gasteiger partial charge >= 0.3 is 5.97 Å². The molecule has 2 N–H and O–H groups in total. The zero-order valence-electron chi connectivity index (χ0n) is 10.3. The number of benzene rings is 1. The molecule has 1 fully saturated rings. The largest absolute Gasteiger partial charge is 0.478 e. The molecule has 2 aromatic rings. The van der Waals surface area contributed by atoms with Gasteiger partial charge in [-0.3, -0.25) is 0 Å². The minimum Gasteiger partial charge on any atom is -0.478 e. The molecule has 1 aromatic heterocycles. The van der Waals surface area contributed by atoms with Crippen LogP contribution in [0.3, 0.4) is 0 Å². The van der Waals surface area contributed by atoms with Gasteiger partial charge < -0.3 is 10.1 Å². The number of rotatable bonds is 2. The van der Waals surface area contributed by atoms with Crippen LogP contribution in [-0.2, 0) is 0 Å². The van der Waals surface area contributed by atoms with Gasteiger partial charge in [-0.2, -0.15) is 11.8 Å². The number of carboxylic acids is 1. The van der Waals surface area contributed by atoms with Crippen molar-refractivity contribution in [1.29, 1.82) is 0 Å². The quantitative estimate of drug-likeness (QED) is 0.860. The fourth-order valence-corrected chi connectivity index (χ4v) is 4.34. The molecule has 3 rings (SSSR count). The smallest absolute Gasteiger partial charge is 0.337 e. The van der Waals surface area contributed by atoms with Gasteiger partial charge in [0.25, 0.3) is 0 Å². The van der Waals surface area contributed by atoms with Crippen LogP contribution in [0.2, 0.25) is 0 Å². The second kappa shape index (κ2) is 5.21. The van der Waals surface area contributed by atoms with Gasteiger partial charge in [-0.15, -0.1) is 0 Å². The first-order valence-corrected chi connectivity index (χ1v) is 8.23. The maximum absolute atomic E-state index is 11.3. The Hall–Kier alpha value is -0.940. The van der Waals surface area contributed by atoms with Gasteiger partial charge in [-0.1, -0.05) is 15.9 Å². The van der Waals surface area contributed by atoms with Crippen molar-refractivity contribution >= 4 is 44.6 Å². The van der Waals surface area contributed by atoms with E-state index >= 15 is 0 Å². The molecule has 19 heavy (non-hydrogen) atoms. The Balaban J connectivity index is 2.14. The monoisotopic (exact) mass is 339 g/mol. The summed E-state index contributed by atoms with van der Waals surface area (Å²) in [5.41, 5.74) is 2.33. The van der Waals surface area contributed by atoms with E-state index < -0.39 is 5.97 Å². The summed E-state index contributed by atoms with van der Waals surface area (Å²) in [5, 5.41) is 10.3. The minimum absolute atomic E-state index is 0.332. The number of fused-ring (bicyclic) bond motifs is 1. The molecule has 1 aromatic carbocycles. The Kier molecular flexibility index (Phi) is 3.58. The number of H-pyrrole nitrogens is 1. The second-order valence-electron chi connectivity index (χ2n) is 4.84. The Morgan fingerprint density at radius 1 is 1.47 bits per heavy atom. The number of aromatic amines is 1. The summed E-state index contributed by atoms with van der Waals surface area (Å²) < 4.78 is 0.821. The highest BCUT2D eigenvalue weighted by Crippen LogP contribution is 2.37. The van der Waals surface area contributed by atoms with Crippen molar-refractivity contribution < 1.29 is 9.90 Å². The van der Waals surface area contributed by atoms with Crippen LogP contribution < -0.4 is 0 Å². The number of carbonyl (C=O) groups is 1. The standard InChI is InChI=1S/C14H14BrNO2S/c15-9-4-10-12(8-2-1-3-19-7-8)6-16-13(10)11(5-9)14(17)18/h4-6,8,16H,1-3,7H2,(H,17,18). The molecule has 0 amide bonds. The summed E-state index contributed by atoms with van der Waals surface area (Å²) in [7, 11) is 0. The van der Waals surface area contributed by atoms with Crippen molar-refractivity contribution in [3.8, 4) is 0 Å². The third-order valence-corrected chi connectivity index (χ3v) is 5.29. The third kappa shape index (κ3) is 2.41. The fourth-order valence-electron chi connectivity index (χ4n) is 2.71. The molecule has 0 bridgehead atoms. The number of halogens is 1. The van der Waals surface area contributed by atoms with Crippen LogP contribution in [0, 0.1) is 0 Å². The van der Waals surface area contributed by atoms with Crippen molar-refractivity contribution in [2.45, 2.75) is 18.8 Å². The van der Waals surface area contributed by atoms with Gasteiger partial charge in [0.2, 0.25) is 0 Å². The van der Waals surface area contributed by atoms with E-state index in [0.717, 1.165) is 21.1 Å². The summed E-state index contributed by atoms with van der Waals surface area (Å²) in [4.78, 5) is 14.5. The summed E-state index contributed by atoms with van der Waals surface area (Å²) in [6.07, 6.45) is 4.41. The average Bonchev–Trinajstić information content (AvgIpc) is 2.82. The highest BCUT2D eigenvalue weighted by molar-refractivity contribution is 9.10. The van der Waals surface area contributed by atoms with E-state index in [9.17, 15) is 9.90 Å². The Morgan fingerprint density at radius 3 is 3.00 bits per heavy atom. The molecule has 3 nitrogen and oxygen atoms in total. The van der Waals surface area contributed by atoms with Crippen molar-refractivity contribution in [3.05, 3.63) is 33.9 Å². The van der Waals surface area contributed by atoms with Gasteiger partial charge in [0.1, 0.15) is 0 Å². The summed E-state index contributed by atoms with van der Waals surface area (Å²) in [6.45, 7) is 0. The molecule has 0 radical (unpaired) electrons. The van der Waals surface area contributed by atoms with Crippen molar-refractivity contribution in [2.75, 3.05) is 11.5 Å². The average molecular weight is 340 g/mol. The lowest BCUT2D eigenvalue weighted by Gasteiger charge is -2.20.